The SMILES string of the molecule is O=C(NCc1ccc(F)cc1F)C1NNNC1Nc1cccc(Cl)c1. The zero-order valence-corrected chi connectivity index (χ0v) is 13.7. The number of nitrogens with one attached hydrogen (secondary N) is 5. The summed E-state index contributed by atoms with van der Waals surface area (Å²) in [6, 6.07) is 9.62. The highest BCUT2D eigenvalue weighted by Gasteiger charge is 2.32. The number of benzene rings is 2. The quantitative estimate of drug-likeness (QED) is 0.555. The predicted octanol–water partition coefficient (Wildman–Crippen LogP) is 1.65. The van der Waals surface area contributed by atoms with Crippen molar-refractivity contribution in [2.75, 3.05) is 5.32 Å². The standard InChI is InChI=1S/C16H16ClF2N5O/c17-10-2-1-3-12(6-10)21-15-14(22-24-23-15)16(25)20-8-9-4-5-11(18)7-13(9)19/h1-7,14-15,21-24H,8H2,(H,20,25). The summed E-state index contributed by atoms with van der Waals surface area (Å²) in [5.74, 6) is -1.73. The van der Waals surface area contributed by atoms with Crippen LogP contribution in [-0.4, -0.2) is 18.1 Å². The summed E-state index contributed by atoms with van der Waals surface area (Å²) in [5, 5.41) is 6.31. The van der Waals surface area contributed by atoms with E-state index in [-0.39, 0.29) is 18.0 Å². The molecule has 9 heteroatoms. The summed E-state index contributed by atoms with van der Waals surface area (Å²) in [5.41, 5.74) is 9.26. The van der Waals surface area contributed by atoms with Crippen LogP contribution in [0.4, 0.5) is 14.5 Å². The third-order valence-corrected chi connectivity index (χ3v) is 3.92. The lowest BCUT2D eigenvalue weighted by atomic mass is 10.1. The Bertz CT molecular complexity index is 776. The van der Waals surface area contributed by atoms with Gasteiger partial charge in [0.25, 0.3) is 0 Å². The van der Waals surface area contributed by atoms with E-state index in [9.17, 15) is 13.6 Å². The first-order valence-electron chi connectivity index (χ1n) is 7.53. The Morgan fingerprint density at radius 3 is 2.76 bits per heavy atom. The van der Waals surface area contributed by atoms with Crippen molar-refractivity contribution in [1.82, 2.24) is 21.7 Å². The topological polar surface area (TPSA) is 77.2 Å². The minimum absolute atomic E-state index is 0.0486. The van der Waals surface area contributed by atoms with Gasteiger partial charge in [0.15, 0.2) is 0 Å². The van der Waals surface area contributed by atoms with Gasteiger partial charge in [0.1, 0.15) is 23.8 Å². The van der Waals surface area contributed by atoms with Gasteiger partial charge in [0.05, 0.1) is 0 Å². The Morgan fingerprint density at radius 2 is 2.00 bits per heavy atom. The first-order chi connectivity index (χ1) is 12.0. The zero-order chi connectivity index (χ0) is 17.8. The molecule has 1 fully saturated rings. The van der Waals surface area contributed by atoms with E-state index in [4.69, 9.17) is 11.6 Å². The first kappa shape index (κ1) is 17.6. The highest BCUT2D eigenvalue weighted by Crippen LogP contribution is 2.16. The lowest BCUT2D eigenvalue weighted by Crippen LogP contribution is -2.50. The molecule has 2 aromatic carbocycles. The van der Waals surface area contributed by atoms with Crippen LogP contribution in [0.3, 0.4) is 0 Å². The van der Waals surface area contributed by atoms with Crippen LogP contribution in [0.15, 0.2) is 42.5 Å². The van der Waals surface area contributed by atoms with Gasteiger partial charge in [0, 0.05) is 28.9 Å². The van der Waals surface area contributed by atoms with Gasteiger partial charge < -0.3 is 10.6 Å². The van der Waals surface area contributed by atoms with Gasteiger partial charge in [-0.15, -0.1) is 0 Å². The summed E-state index contributed by atoms with van der Waals surface area (Å²) in [7, 11) is 0. The third kappa shape index (κ3) is 4.43. The fraction of sp³-hybridized carbons (Fsp3) is 0.188. The number of halogens is 3. The van der Waals surface area contributed by atoms with Crippen LogP contribution in [0.5, 0.6) is 0 Å². The van der Waals surface area contributed by atoms with Crippen LogP contribution >= 0.6 is 11.6 Å². The van der Waals surface area contributed by atoms with Crippen molar-refractivity contribution in [3.05, 3.63) is 64.7 Å². The molecule has 2 aromatic rings. The van der Waals surface area contributed by atoms with Gasteiger partial charge in [-0.2, -0.15) is 5.53 Å². The number of hydrogen-bond acceptors (Lipinski definition) is 5. The third-order valence-electron chi connectivity index (χ3n) is 3.69. The van der Waals surface area contributed by atoms with E-state index in [0.29, 0.717) is 5.02 Å². The summed E-state index contributed by atoms with van der Waals surface area (Å²) in [6.07, 6.45) is -0.462. The normalized spacial score (nSPS) is 19.6. The molecule has 0 spiro atoms. The molecule has 1 amide bonds. The second-order valence-electron chi connectivity index (χ2n) is 5.48. The molecule has 0 aromatic heterocycles. The van der Waals surface area contributed by atoms with E-state index in [1.165, 1.54) is 6.07 Å². The maximum absolute atomic E-state index is 13.6. The molecule has 1 heterocycles. The van der Waals surface area contributed by atoms with E-state index < -0.39 is 23.8 Å². The second-order valence-corrected chi connectivity index (χ2v) is 5.91. The molecule has 0 radical (unpaired) electrons. The summed E-state index contributed by atoms with van der Waals surface area (Å²) < 4.78 is 26.5. The molecule has 0 bridgehead atoms. The van der Waals surface area contributed by atoms with Crippen molar-refractivity contribution >= 4 is 23.2 Å². The Kier molecular flexibility index (Phi) is 5.44. The number of carbonyl (C=O) groups excluding carboxylic acids is 1. The average Bonchev–Trinajstić information content (AvgIpc) is 3.02. The molecular weight excluding hydrogens is 352 g/mol. The number of amides is 1. The predicted molar refractivity (Wildman–Crippen MR) is 90.3 cm³/mol. The van der Waals surface area contributed by atoms with Crippen molar-refractivity contribution in [2.24, 2.45) is 0 Å². The molecule has 25 heavy (non-hydrogen) atoms. The van der Waals surface area contributed by atoms with Gasteiger partial charge in [-0.25, -0.2) is 19.6 Å². The molecular formula is C16H16ClF2N5O. The molecule has 5 N–H and O–H groups in total. The van der Waals surface area contributed by atoms with Crippen LogP contribution in [0.2, 0.25) is 5.02 Å². The van der Waals surface area contributed by atoms with Gasteiger partial charge in [-0.05, 0) is 24.3 Å². The molecule has 0 saturated carbocycles. The summed E-state index contributed by atoms with van der Waals surface area (Å²) in [6.45, 7) is -0.0486. The molecule has 2 unspecified atom stereocenters. The van der Waals surface area contributed by atoms with Gasteiger partial charge in [-0.1, -0.05) is 23.7 Å². The Balaban J connectivity index is 1.60. The van der Waals surface area contributed by atoms with Gasteiger partial charge in [0.2, 0.25) is 5.91 Å². The first-order valence-corrected chi connectivity index (χ1v) is 7.90. The van der Waals surface area contributed by atoms with E-state index in [2.05, 4.69) is 27.0 Å². The Labute approximate surface area is 147 Å². The maximum Gasteiger partial charge on any atom is 0.242 e. The fourth-order valence-corrected chi connectivity index (χ4v) is 2.61. The zero-order valence-electron chi connectivity index (χ0n) is 12.9. The van der Waals surface area contributed by atoms with E-state index in [0.717, 1.165) is 17.8 Å². The number of anilines is 1. The van der Waals surface area contributed by atoms with Gasteiger partial charge in [-0.3, -0.25) is 4.79 Å². The largest absolute Gasteiger partial charge is 0.367 e. The summed E-state index contributed by atoms with van der Waals surface area (Å²) in [4.78, 5) is 12.3. The second kappa shape index (κ2) is 7.75. The molecule has 1 aliphatic heterocycles. The molecule has 6 nitrogen and oxygen atoms in total. The Morgan fingerprint density at radius 1 is 1.16 bits per heavy atom. The highest BCUT2D eigenvalue weighted by atomic mass is 35.5. The monoisotopic (exact) mass is 367 g/mol. The van der Waals surface area contributed by atoms with Crippen LogP contribution in [0.1, 0.15) is 5.56 Å². The molecule has 2 atom stereocenters. The van der Waals surface area contributed by atoms with Crippen molar-refractivity contribution in [1.29, 1.82) is 0 Å². The van der Waals surface area contributed by atoms with Crippen molar-refractivity contribution in [3.8, 4) is 0 Å². The minimum Gasteiger partial charge on any atom is -0.367 e. The smallest absolute Gasteiger partial charge is 0.242 e. The highest BCUT2D eigenvalue weighted by molar-refractivity contribution is 6.30. The number of hydrazine groups is 2. The van der Waals surface area contributed by atoms with E-state index >= 15 is 0 Å². The molecule has 1 saturated heterocycles. The molecule has 132 valence electrons. The summed E-state index contributed by atoms with van der Waals surface area (Å²) >= 11 is 5.94. The van der Waals surface area contributed by atoms with Crippen LogP contribution in [0, 0.1) is 11.6 Å². The van der Waals surface area contributed by atoms with Crippen LogP contribution in [0.25, 0.3) is 0 Å². The Hall–Kier alpha value is -2.26. The lowest BCUT2D eigenvalue weighted by molar-refractivity contribution is -0.123. The van der Waals surface area contributed by atoms with E-state index in [1.807, 2.05) is 6.07 Å². The van der Waals surface area contributed by atoms with Gasteiger partial charge >= 0.3 is 0 Å². The van der Waals surface area contributed by atoms with Crippen molar-refractivity contribution < 1.29 is 13.6 Å². The maximum atomic E-state index is 13.6. The lowest BCUT2D eigenvalue weighted by Gasteiger charge is -2.20. The van der Waals surface area contributed by atoms with Crippen LogP contribution in [-0.2, 0) is 11.3 Å². The number of hydrogen-bond donors (Lipinski definition) is 5. The number of rotatable bonds is 5. The molecule has 1 aliphatic rings. The van der Waals surface area contributed by atoms with E-state index in [1.54, 1.807) is 18.2 Å². The van der Waals surface area contributed by atoms with Crippen molar-refractivity contribution in [2.45, 2.75) is 18.8 Å². The average molecular weight is 368 g/mol. The molecule has 0 aliphatic carbocycles. The van der Waals surface area contributed by atoms with Crippen LogP contribution < -0.4 is 27.0 Å². The molecule has 3 rings (SSSR count). The number of carbonyl (C=O) groups is 1. The minimum atomic E-state index is -0.704. The fourth-order valence-electron chi connectivity index (χ4n) is 2.42. The van der Waals surface area contributed by atoms with Crippen molar-refractivity contribution in [3.63, 3.8) is 0 Å².